The van der Waals surface area contributed by atoms with Gasteiger partial charge in [0.2, 0.25) is 0 Å². The maximum Gasteiger partial charge on any atom is 0.0558 e. The van der Waals surface area contributed by atoms with Gasteiger partial charge in [-0.25, -0.2) is 0 Å². The summed E-state index contributed by atoms with van der Waals surface area (Å²) >= 11 is 0. The Morgan fingerprint density at radius 3 is 2.47 bits per heavy atom. The first-order valence-electron chi connectivity index (χ1n) is 6.66. The van der Waals surface area contributed by atoms with Crippen LogP contribution in [0.25, 0.3) is 0 Å². The summed E-state index contributed by atoms with van der Waals surface area (Å²) in [4.78, 5) is 2.54. The number of hydrogen-bond donors (Lipinski definition) is 1. The molecule has 0 aromatic carbocycles. The van der Waals surface area contributed by atoms with E-state index in [-0.39, 0.29) is 0 Å². The van der Waals surface area contributed by atoms with Gasteiger partial charge < -0.3 is 5.11 Å². The summed E-state index contributed by atoms with van der Waals surface area (Å²) in [6.07, 6.45) is 9.36. The molecule has 1 N–H and O–H groups in total. The number of nitrogens with zero attached hydrogens (tertiary/aromatic N) is 1. The van der Waals surface area contributed by atoms with Gasteiger partial charge in [-0.1, -0.05) is 32.6 Å². The van der Waals surface area contributed by atoms with Crippen molar-refractivity contribution in [3.05, 3.63) is 0 Å². The second-order valence-electron chi connectivity index (χ2n) is 4.89. The molecule has 0 bridgehead atoms. The smallest absolute Gasteiger partial charge is 0.0558 e. The Labute approximate surface area is 94.7 Å². The number of aliphatic hydroxyl groups is 1. The zero-order chi connectivity index (χ0) is 11.1. The van der Waals surface area contributed by atoms with E-state index in [1.165, 1.54) is 44.9 Å². The largest absolute Gasteiger partial charge is 0.395 e. The van der Waals surface area contributed by atoms with Crippen LogP contribution >= 0.6 is 0 Å². The minimum absolute atomic E-state index is 0.310. The molecule has 0 aromatic rings. The van der Waals surface area contributed by atoms with Gasteiger partial charge in [-0.3, -0.25) is 4.90 Å². The van der Waals surface area contributed by atoms with Crippen LogP contribution in [0.1, 0.15) is 58.8 Å². The number of hydrogen-bond acceptors (Lipinski definition) is 2. The fourth-order valence-electron chi connectivity index (χ4n) is 2.87. The van der Waals surface area contributed by atoms with Gasteiger partial charge in [0, 0.05) is 18.6 Å². The molecule has 1 rings (SSSR count). The minimum atomic E-state index is 0.310. The van der Waals surface area contributed by atoms with Gasteiger partial charge in [-0.15, -0.1) is 0 Å². The van der Waals surface area contributed by atoms with Gasteiger partial charge >= 0.3 is 0 Å². The summed E-state index contributed by atoms with van der Waals surface area (Å²) in [6.45, 7) is 5.73. The second-order valence-corrected chi connectivity index (χ2v) is 4.89. The lowest BCUT2D eigenvalue weighted by Gasteiger charge is -2.38. The molecule has 2 nitrogen and oxygen atoms in total. The van der Waals surface area contributed by atoms with Crippen LogP contribution < -0.4 is 0 Å². The van der Waals surface area contributed by atoms with Gasteiger partial charge in [0.05, 0.1) is 6.61 Å². The van der Waals surface area contributed by atoms with Crippen LogP contribution in [-0.4, -0.2) is 35.2 Å². The lowest BCUT2D eigenvalue weighted by molar-refractivity contribution is 0.0832. The molecule has 2 heteroatoms. The maximum absolute atomic E-state index is 9.14. The third kappa shape index (κ3) is 4.12. The van der Waals surface area contributed by atoms with Gasteiger partial charge in [0.15, 0.2) is 0 Å². The summed E-state index contributed by atoms with van der Waals surface area (Å²) in [5, 5.41) is 9.14. The Morgan fingerprint density at radius 2 is 1.93 bits per heavy atom. The Morgan fingerprint density at radius 1 is 1.27 bits per heavy atom. The molecule has 0 radical (unpaired) electrons. The monoisotopic (exact) mass is 213 g/mol. The van der Waals surface area contributed by atoms with E-state index in [1.54, 1.807) is 0 Å². The molecule has 0 aliphatic heterocycles. The van der Waals surface area contributed by atoms with Crippen molar-refractivity contribution >= 4 is 0 Å². The molecule has 1 fully saturated rings. The number of rotatable bonds is 6. The first-order valence-corrected chi connectivity index (χ1v) is 6.66. The van der Waals surface area contributed by atoms with Crippen molar-refractivity contribution in [2.24, 2.45) is 0 Å². The average Bonchev–Trinajstić information content (AvgIpc) is 2.27. The molecule has 1 atom stereocenters. The van der Waals surface area contributed by atoms with Crippen molar-refractivity contribution in [2.75, 3.05) is 13.2 Å². The molecule has 0 heterocycles. The molecule has 1 unspecified atom stereocenters. The van der Waals surface area contributed by atoms with E-state index in [2.05, 4.69) is 18.7 Å². The van der Waals surface area contributed by atoms with E-state index in [1.807, 2.05) is 0 Å². The Bertz CT molecular complexity index is 155. The fraction of sp³-hybridized carbons (Fsp3) is 1.00. The predicted octanol–water partition coefficient (Wildman–Crippen LogP) is 2.80. The van der Waals surface area contributed by atoms with Gasteiger partial charge in [0.25, 0.3) is 0 Å². The van der Waals surface area contributed by atoms with Crippen LogP contribution in [0.15, 0.2) is 0 Å². The molecule has 90 valence electrons. The highest BCUT2D eigenvalue weighted by Crippen LogP contribution is 2.24. The summed E-state index contributed by atoms with van der Waals surface area (Å²) < 4.78 is 0. The molecule has 1 saturated carbocycles. The average molecular weight is 213 g/mol. The van der Waals surface area contributed by atoms with Crippen molar-refractivity contribution in [3.63, 3.8) is 0 Å². The van der Waals surface area contributed by atoms with Gasteiger partial charge in [-0.2, -0.15) is 0 Å². The van der Waals surface area contributed by atoms with Crippen molar-refractivity contribution in [2.45, 2.75) is 70.9 Å². The molecule has 0 spiro atoms. The molecular weight excluding hydrogens is 186 g/mol. The lowest BCUT2D eigenvalue weighted by atomic mass is 9.92. The van der Waals surface area contributed by atoms with Gasteiger partial charge in [0.1, 0.15) is 0 Å². The highest BCUT2D eigenvalue weighted by Gasteiger charge is 2.23. The highest BCUT2D eigenvalue weighted by molar-refractivity contribution is 4.79. The zero-order valence-electron chi connectivity index (χ0n) is 10.4. The molecule has 1 aliphatic rings. The normalized spacial score (nSPS) is 20.8. The quantitative estimate of drug-likeness (QED) is 0.733. The SMILES string of the molecule is CCCC(C)N(CCO)C1CCCCC1. The van der Waals surface area contributed by atoms with E-state index in [4.69, 9.17) is 5.11 Å². The Kier molecular flexibility index (Phi) is 6.26. The van der Waals surface area contributed by atoms with Crippen LogP contribution in [0.3, 0.4) is 0 Å². The first kappa shape index (κ1) is 13.0. The maximum atomic E-state index is 9.14. The van der Waals surface area contributed by atoms with Crippen molar-refractivity contribution in [1.82, 2.24) is 4.90 Å². The summed E-state index contributed by atoms with van der Waals surface area (Å²) in [6, 6.07) is 1.39. The molecule has 0 saturated heterocycles. The third-order valence-electron chi connectivity index (χ3n) is 3.67. The van der Waals surface area contributed by atoms with Crippen LogP contribution in [0, 0.1) is 0 Å². The van der Waals surface area contributed by atoms with Crippen molar-refractivity contribution in [1.29, 1.82) is 0 Å². The molecule has 1 aliphatic carbocycles. The Balaban J connectivity index is 2.46. The van der Waals surface area contributed by atoms with Crippen LogP contribution in [-0.2, 0) is 0 Å². The summed E-state index contributed by atoms with van der Waals surface area (Å²) in [7, 11) is 0. The standard InChI is InChI=1S/C13H27NO/c1-3-7-12(2)14(10-11-15)13-8-5-4-6-9-13/h12-13,15H,3-11H2,1-2H3. The first-order chi connectivity index (χ1) is 7.29. The molecule has 0 aromatic heterocycles. The zero-order valence-corrected chi connectivity index (χ0v) is 10.4. The minimum Gasteiger partial charge on any atom is -0.395 e. The van der Waals surface area contributed by atoms with Crippen molar-refractivity contribution < 1.29 is 5.11 Å². The predicted molar refractivity (Wildman–Crippen MR) is 65.0 cm³/mol. The van der Waals surface area contributed by atoms with Crippen LogP contribution in [0.2, 0.25) is 0 Å². The van der Waals surface area contributed by atoms with E-state index in [0.29, 0.717) is 12.6 Å². The van der Waals surface area contributed by atoms with E-state index < -0.39 is 0 Å². The lowest BCUT2D eigenvalue weighted by Crippen LogP contribution is -2.44. The van der Waals surface area contributed by atoms with Crippen LogP contribution in [0.4, 0.5) is 0 Å². The second kappa shape index (κ2) is 7.24. The summed E-state index contributed by atoms with van der Waals surface area (Å²) in [5.41, 5.74) is 0. The molecule has 0 amide bonds. The van der Waals surface area contributed by atoms with Gasteiger partial charge in [-0.05, 0) is 26.2 Å². The van der Waals surface area contributed by atoms with E-state index in [0.717, 1.165) is 12.6 Å². The third-order valence-corrected chi connectivity index (χ3v) is 3.67. The Hall–Kier alpha value is -0.0800. The van der Waals surface area contributed by atoms with Crippen molar-refractivity contribution in [3.8, 4) is 0 Å². The fourth-order valence-corrected chi connectivity index (χ4v) is 2.87. The highest BCUT2D eigenvalue weighted by atomic mass is 16.3. The van der Waals surface area contributed by atoms with Crippen LogP contribution in [0.5, 0.6) is 0 Å². The summed E-state index contributed by atoms with van der Waals surface area (Å²) in [5.74, 6) is 0. The molecule has 15 heavy (non-hydrogen) atoms. The van der Waals surface area contributed by atoms with E-state index in [9.17, 15) is 0 Å². The van der Waals surface area contributed by atoms with E-state index >= 15 is 0 Å². The molecular formula is C13H27NO. The topological polar surface area (TPSA) is 23.5 Å². The number of aliphatic hydroxyl groups excluding tert-OH is 1.